The minimum atomic E-state index is -0.840. The molecule has 0 bridgehead atoms. The third kappa shape index (κ3) is 3.43. The van der Waals surface area contributed by atoms with Gasteiger partial charge in [-0.1, -0.05) is 30.5 Å². The Morgan fingerprint density at radius 3 is 2.24 bits per heavy atom. The Labute approximate surface area is 125 Å². The van der Waals surface area contributed by atoms with Crippen molar-refractivity contribution in [3.05, 3.63) is 29.8 Å². The molecule has 0 aliphatic heterocycles. The molecular formula is C17H23NO3. The van der Waals surface area contributed by atoms with E-state index in [1.54, 1.807) is 4.90 Å². The number of amides is 1. The Morgan fingerprint density at radius 1 is 1.14 bits per heavy atom. The van der Waals surface area contributed by atoms with Crippen molar-refractivity contribution < 1.29 is 14.7 Å². The lowest BCUT2D eigenvalue weighted by Crippen LogP contribution is -2.42. The number of hydrogen-bond acceptors (Lipinski definition) is 2. The average Bonchev–Trinajstić information content (AvgIpc) is 2.49. The fourth-order valence-corrected chi connectivity index (χ4v) is 3.11. The van der Waals surface area contributed by atoms with Crippen LogP contribution < -0.4 is 4.90 Å². The zero-order valence-electron chi connectivity index (χ0n) is 12.7. The highest BCUT2D eigenvalue weighted by Gasteiger charge is 2.37. The molecule has 0 spiro atoms. The summed E-state index contributed by atoms with van der Waals surface area (Å²) in [5, 5.41) is 9.35. The predicted octanol–water partition coefficient (Wildman–Crippen LogP) is 3.24. The molecule has 1 aromatic carbocycles. The average molecular weight is 289 g/mol. The molecule has 1 aliphatic rings. The van der Waals surface area contributed by atoms with Crippen LogP contribution in [-0.4, -0.2) is 23.5 Å². The molecule has 114 valence electrons. The van der Waals surface area contributed by atoms with Crippen LogP contribution in [0, 0.1) is 18.8 Å². The maximum Gasteiger partial charge on any atom is 0.307 e. The van der Waals surface area contributed by atoms with Gasteiger partial charge in [0.1, 0.15) is 0 Å². The van der Waals surface area contributed by atoms with Crippen LogP contribution in [0.4, 0.5) is 5.69 Å². The van der Waals surface area contributed by atoms with Gasteiger partial charge in [-0.05, 0) is 38.8 Å². The first-order valence-electron chi connectivity index (χ1n) is 7.65. The zero-order valence-corrected chi connectivity index (χ0v) is 12.7. The van der Waals surface area contributed by atoms with Crippen LogP contribution in [0.2, 0.25) is 0 Å². The maximum absolute atomic E-state index is 12.8. The highest BCUT2D eigenvalue weighted by atomic mass is 16.4. The number of carboxylic acids is 1. The van der Waals surface area contributed by atoms with Gasteiger partial charge in [-0.15, -0.1) is 0 Å². The summed E-state index contributed by atoms with van der Waals surface area (Å²) in [6, 6.07) is 7.80. The van der Waals surface area contributed by atoms with Gasteiger partial charge >= 0.3 is 5.97 Å². The number of carbonyl (C=O) groups is 2. The van der Waals surface area contributed by atoms with Crippen molar-refractivity contribution in [2.75, 3.05) is 11.4 Å². The van der Waals surface area contributed by atoms with Gasteiger partial charge in [-0.3, -0.25) is 9.59 Å². The number of hydrogen-bond donors (Lipinski definition) is 1. The second-order valence-corrected chi connectivity index (χ2v) is 5.75. The lowest BCUT2D eigenvalue weighted by molar-refractivity contribution is -0.148. The summed E-state index contributed by atoms with van der Waals surface area (Å²) < 4.78 is 0. The Kier molecular flexibility index (Phi) is 4.99. The van der Waals surface area contributed by atoms with Crippen molar-refractivity contribution in [1.82, 2.24) is 0 Å². The lowest BCUT2D eigenvalue weighted by Gasteiger charge is -2.32. The van der Waals surface area contributed by atoms with E-state index in [2.05, 4.69) is 0 Å². The van der Waals surface area contributed by atoms with Crippen LogP contribution in [0.15, 0.2) is 24.3 Å². The third-order valence-electron chi connectivity index (χ3n) is 4.33. The van der Waals surface area contributed by atoms with E-state index in [0.29, 0.717) is 19.4 Å². The van der Waals surface area contributed by atoms with Crippen molar-refractivity contribution in [1.29, 1.82) is 0 Å². The largest absolute Gasteiger partial charge is 0.481 e. The lowest BCUT2D eigenvalue weighted by atomic mass is 9.78. The van der Waals surface area contributed by atoms with Crippen LogP contribution in [-0.2, 0) is 9.59 Å². The number of carboxylic acid groups (broad SMARTS) is 1. The number of aliphatic carboxylic acids is 1. The van der Waals surface area contributed by atoms with Crippen LogP contribution in [0.5, 0.6) is 0 Å². The Morgan fingerprint density at radius 2 is 1.71 bits per heavy atom. The van der Waals surface area contributed by atoms with Crippen molar-refractivity contribution in [2.45, 2.75) is 39.5 Å². The summed E-state index contributed by atoms with van der Waals surface area (Å²) in [4.78, 5) is 25.9. The molecule has 2 atom stereocenters. The molecular weight excluding hydrogens is 266 g/mol. The smallest absolute Gasteiger partial charge is 0.307 e. The van der Waals surface area contributed by atoms with E-state index in [4.69, 9.17) is 0 Å². The monoisotopic (exact) mass is 289 g/mol. The quantitative estimate of drug-likeness (QED) is 0.925. The predicted molar refractivity (Wildman–Crippen MR) is 82.3 cm³/mol. The summed E-state index contributed by atoms with van der Waals surface area (Å²) in [6.07, 6.45) is 3.12. The Bertz CT molecular complexity index is 509. The van der Waals surface area contributed by atoms with E-state index in [9.17, 15) is 14.7 Å². The molecule has 21 heavy (non-hydrogen) atoms. The molecule has 0 heterocycles. The number of benzene rings is 1. The number of nitrogens with zero attached hydrogens (tertiary/aromatic N) is 1. The first-order valence-corrected chi connectivity index (χ1v) is 7.65. The fraction of sp³-hybridized carbons (Fsp3) is 0.529. The van der Waals surface area contributed by atoms with Gasteiger partial charge in [-0.25, -0.2) is 0 Å². The zero-order chi connectivity index (χ0) is 15.4. The maximum atomic E-state index is 12.8. The summed E-state index contributed by atoms with van der Waals surface area (Å²) in [5.74, 6) is -1.82. The van der Waals surface area contributed by atoms with Gasteiger partial charge < -0.3 is 10.0 Å². The molecule has 1 saturated carbocycles. The van der Waals surface area contributed by atoms with Crippen LogP contribution in [0.1, 0.15) is 38.2 Å². The number of carbonyl (C=O) groups excluding carboxylic acids is 1. The van der Waals surface area contributed by atoms with Crippen LogP contribution in [0.3, 0.4) is 0 Å². The number of aryl methyl sites for hydroxylation is 1. The molecule has 0 aromatic heterocycles. The van der Waals surface area contributed by atoms with Gasteiger partial charge in [0.2, 0.25) is 5.91 Å². The molecule has 1 aliphatic carbocycles. The Hall–Kier alpha value is -1.84. The normalized spacial score (nSPS) is 21.8. The van der Waals surface area contributed by atoms with Crippen molar-refractivity contribution in [3.8, 4) is 0 Å². The molecule has 4 nitrogen and oxygen atoms in total. The highest BCUT2D eigenvalue weighted by molar-refractivity contribution is 5.97. The molecule has 0 saturated heterocycles. The topological polar surface area (TPSA) is 57.6 Å². The second-order valence-electron chi connectivity index (χ2n) is 5.75. The summed E-state index contributed by atoms with van der Waals surface area (Å²) in [7, 11) is 0. The molecule has 1 fully saturated rings. The highest BCUT2D eigenvalue weighted by Crippen LogP contribution is 2.33. The van der Waals surface area contributed by atoms with Gasteiger partial charge in [-0.2, -0.15) is 0 Å². The fourth-order valence-electron chi connectivity index (χ4n) is 3.11. The van der Waals surface area contributed by atoms with Crippen LogP contribution >= 0.6 is 0 Å². The number of anilines is 1. The third-order valence-corrected chi connectivity index (χ3v) is 4.33. The van der Waals surface area contributed by atoms with Gasteiger partial charge in [0, 0.05) is 12.2 Å². The van der Waals surface area contributed by atoms with Crippen molar-refractivity contribution in [3.63, 3.8) is 0 Å². The van der Waals surface area contributed by atoms with Gasteiger partial charge in [0.05, 0.1) is 11.8 Å². The molecule has 1 aromatic rings. The minimum absolute atomic E-state index is 0.0477. The second kappa shape index (κ2) is 6.74. The number of rotatable bonds is 4. The molecule has 4 heteroatoms. The van der Waals surface area contributed by atoms with Crippen molar-refractivity contribution in [2.24, 2.45) is 11.8 Å². The van der Waals surface area contributed by atoms with E-state index in [1.807, 2.05) is 38.1 Å². The molecule has 0 unspecified atom stereocenters. The standard InChI is InChI=1S/C17H23NO3/c1-3-18(13-10-8-12(2)9-11-13)16(19)14-6-4-5-7-15(14)17(20)21/h8-11,14-15H,3-7H2,1-2H3,(H,20,21)/t14-,15+/m1/s1. The van der Waals surface area contributed by atoms with Crippen LogP contribution in [0.25, 0.3) is 0 Å². The minimum Gasteiger partial charge on any atom is -0.481 e. The van der Waals surface area contributed by atoms with E-state index < -0.39 is 17.8 Å². The Balaban J connectivity index is 2.22. The molecule has 1 N–H and O–H groups in total. The SMILES string of the molecule is CCN(C(=O)[C@@H]1CCCC[C@@H]1C(=O)O)c1ccc(C)cc1. The first-order chi connectivity index (χ1) is 10.0. The van der Waals surface area contributed by atoms with E-state index in [-0.39, 0.29) is 5.91 Å². The van der Waals surface area contributed by atoms with E-state index in [1.165, 1.54) is 0 Å². The van der Waals surface area contributed by atoms with E-state index >= 15 is 0 Å². The summed E-state index contributed by atoms with van der Waals surface area (Å²) in [5.41, 5.74) is 1.99. The molecule has 0 radical (unpaired) electrons. The summed E-state index contributed by atoms with van der Waals surface area (Å²) >= 11 is 0. The molecule has 1 amide bonds. The summed E-state index contributed by atoms with van der Waals surface area (Å²) in [6.45, 7) is 4.49. The van der Waals surface area contributed by atoms with Gasteiger partial charge in [0.25, 0.3) is 0 Å². The van der Waals surface area contributed by atoms with Crippen molar-refractivity contribution >= 4 is 17.6 Å². The first kappa shape index (κ1) is 15.5. The molecule has 2 rings (SSSR count). The van der Waals surface area contributed by atoms with E-state index in [0.717, 1.165) is 24.1 Å². The van der Waals surface area contributed by atoms with Gasteiger partial charge in [0.15, 0.2) is 0 Å².